The molecule has 0 aliphatic carbocycles. The first-order chi connectivity index (χ1) is 14.6. The summed E-state index contributed by atoms with van der Waals surface area (Å²) in [6.45, 7) is 0.876. The number of anilines is 1. The number of ether oxygens (including phenoxy) is 1. The zero-order chi connectivity index (χ0) is 21.3. The van der Waals surface area contributed by atoms with Gasteiger partial charge in [-0.05, 0) is 24.3 Å². The Morgan fingerprint density at radius 1 is 1.20 bits per heavy atom. The first-order valence-corrected chi connectivity index (χ1v) is 9.03. The third kappa shape index (κ3) is 5.21. The van der Waals surface area contributed by atoms with Gasteiger partial charge in [0.1, 0.15) is 11.5 Å². The van der Waals surface area contributed by atoms with Crippen molar-refractivity contribution in [1.82, 2.24) is 20.3 Å². The number of aromatic nitrogens is 3. The normalized spacial score (nSPS) is 11.0. The number of nitrogens with one attached hydrogen (secondary N) is 2. The molecular weight excluding hydrogens is 380 g/mol. The molecule has 0 bridgehead atoms. The Labute approximate surface area is 173 Å². The second kappa shape index (κ2) is 9.86. The average Bonchev–Trinajstić information content (AvgIpc) is 2.77. The fourth-order valence-electron chi connectivity index (χ4n) is 2.73. The summed E-state index contributed by atoms with van der Waals surface area (Å²) in [5.74, 6) is 0.589. The quantitative estimate of drug-likeness (QED) is 0.492. The lowest BCUT2D eigenvalue weighted by atomic mass is 10.1. The number of nitrogens with two attached hydrogens (primary N) is 1. The molecule has 3 aromatic rings. The summed E-state index contributed by atoms with van der Waals surface area (Å²) in [6, 6.07) is 16.2. The van der Waals surface area contributed by atoms with Crippen LogP contribution >= 0.6 is 0 Å². The SMILES string of the molecule is COCc1cccc(CN/C=C(\N=N)c2cc(N)nc(-c3cccc(C#N)c3)n2)n1. The second-order valence-electron chi connectivity index (χ2n) is 6.27. The second-order valence-corrected chi connectivity index (χ2v) is 6.27. The van der Waals surface area contributed by atoms with E-state index in [-0.39, 0.29) is 11.5 Å². The average molecular weight is 400 g/mol. The van der Waals surface area contributed by atoms with E-state index in [1.165, 1.54) is 0 Å². The van der Waals surface area contributed by atoms with Gasteiger partial charge in [0.2, 0.25) is 0 Å². The van der Waals surface area contributed by atoms with Crippen LogP contribution in [0.3, 0.4) is 0 Å². The van der Waals surface area contributed by atoms with Gasteiger partial charge < -0.3 is 15.8 Å². The van der Waals surface area contributed by atoms with Crippen molar-refractivity contribution in [1.29, 1.82) is 10.8 Å². The fraction of sp³-hybridized carbons (Fsp3) is 0.143. The first kappa shape index (κ1) is 20.6. The molecule has 0 fully saturated rings. The van der Waals surface area contributed by atoms with Crippen LogP contribution in [0.4, 0.5) is 5.82 Å². The van der Waals surface area contributed by atoms with Gasteiger partial charge in [-0.15, -0.1) is 0 Å². The minimum Gasteiger partial charge on any atom is -0.384 e. The van der Waals surface area contributed by atoms with E-state index < -0.39 is 0 Å². The van der Waals surface area contributed by atoms with Crippen molar-refractivity contribution < 1.29 is 4.74 Å². The predicted octanol–water partition coefficient (Wildman–Crippen LogP) is 3.26. The first-order valence-electron chi connectivity index (χ1n) is 9.03. The van der Waals surface area contributed by atoms with Crippen LogP contribution in [-0.4, -0.2) is 22.1 Å². The van der Waals surface area contributed by atoms with Gasteiger partial charge in [0.15, 0.2) is 5.82 Å². The Kier molecular flexibility index (Phi) is 6.76. The number of benzene rings is 1. The highest BCUT2D eigenvalue weighted by atomic mass is 16.5. The van der Waals surface area contributed by atoms with Crippen molar-refractivity contribution in [2.24, 2.45) is 5.11 Å². The van der Waals surface area contributed by atoms with E-state index in [0.29, 0.717) is 35.8 Å². The fourth-order valence-corrected chi connectivity index (χ4v) is 2.73. The van der Waals surface area contributed by atoms with Crippen molar-refractivity contribution in [3.05, 3.63) is 77.4 Å². The maximum Gasteiger partial charge on any atom is 0.162 e. The van der Waals surface area contributed by atoms with Crippen molar-refractivity contribution >= 4 is 11.5 Å². The Hall–Kier alpha value is -4.16. The van der Waals surface area contributed by atoms with Crippen molar-refractivity contribution in [2.45, 2.75) is 13.2 Å². The number of nitrogen functional groups attached to an aromatic ring is 1. The highest BCUT2D eigenvalue weighted by Gasteiger charge is 2.10. The molecule has 0 amide bonds. The molecule has 0 saturated heterocycles. The van der Waals surface area contributed by atoms with Crippen LogP contribution in [0.2, 0.25) is 0 Å². The van der Waals surface area contributed by atoms with Gasteiger partial charge in [0.05, 0.1) is 41.9 Å². The molecule has 0 aliphatic rings. The lowest BCUT2D eigenvalue weighted by Gasteiger charge is -2.07. The van der Waals surface area contributed by atoms with E-state index in [1.54, 1.807) is 43.6 Å². The third-order valence-corrected chi connectivity index (χ3v) is 4.06. The molecule has 0 atom stereocenters. The van der Waals surface area contributed by atoms with E-state index in [1.807, 2.05) is 18.2 Å². The van der Waals surface area contributed by atoms with Crippen LogP contribution in [0.1, 0.15) is 22.6 Å². The van der Waals surface area contributed by atoms with Crippen LogP contribution in [0.5, 0.6) is 0 Å². The predicted molar refractivity (Wildman–Crippen MR) is 112 cm³/mol. The van der Waals surface area contributed by atoms with Gasteiger partial charge in [0.25, 0.3) is 0 Å². The lowest BCUT2D eigenvalue weighted by Crippen LogP contribution is -2.09. The maximum atomic E-state index is 9.10. The minimum absolute atomic E-state index is 0.237. The molecule has 9 nitrogen and oxygen atoms in total. The highest BCUT2D eigenvalue weighted by Crippen LogP contribution is 2.22. The monoisotopic (exact) mass is 400 g/mol. The molecule has 0 saturated carbocycles. The molecule has 4 N–H and O–H groups in total. The molecule has 30 heavy (non-hydrogen) atoms. The van der Waals surface area contributed by atoms with Crippen LogP contribution in [-0.2, 0) is 17.9 Å². The molecular formula is C21H20N8O. The topological polar surface area (TPSA) is 146 Å². The van der Waals surface area contributed by atoms with Gasteiger partial charge >= 0.3 is 0 Å². The molecule has 0 radical (unpaired) electrons. The Morgan fingerprint density at radius 3 is 2.77 bits per heavy atom. The molecule has 2 aromatic heterocycles. The van der Waals surface area contributed by atoms with E-state index >= 15 is 0 Å². The van der Waals surface area contributed by atoms with E-state index in [4.69, 9.17) is 21.3 Å². The Balaban J connectivity index is 1.82. The lowest BCUT2D eigenvalue weighted by molar-refractivity contribution is 0.181. The van der Waals surface area contributed by atoms with E-state index in [2.05, 4.69) is 31.5 Å². The van der Waals surface area contributed by atoms with Gasteiger partial charge in [-0.3, -0.25) is 4.98 Å². The summed E-state index contributed by atoms with van der Waals surface area (Å²) >= 11 is 0. The molecule has 9 heteroatoms. The number of nitriles is 1. The number of pyridine rings is 1. The van der Waals surface area contributed by atoms with Crippen LogP contribution in [0.15, 0.2) is 59.8 Å². The largest absolute Gasteiger partial charge is 0.384 e. The summed E-state index contributed by atoms with van der Waals surface area (Å²) < 4.78 is 5.10. The zero-order valence-corrected chi connectivity index (χ0v) is 16.3. The van der Waals surface area contributed by atoms with Gasteiger partial charge in [-0.1, -0.05) is 18.2 Å². The third-order valence-electron chi connectivity index (χ3n) is 4.06. The van der Waals surface area contributed by atoms with E-state index in [0.717, 1.165) is 11.4 Å². The molecule has 2 heterocycles. The van der Waals surface area contributed by atoms with Gasteiger partial charge in [-0.2, -0.15) is 10.4 Å². The molecule has 0 spiro atoms. The number of rotatable bonds is 8. The highest BCUT2D eigenvalue weighted by molar-refractivity contribution is 5.67. The minimum atomic E-state index is 0.237. The zero-order valence-electron chi connectivity index (χ0n) is 16.3. The Bertz CT molecular complexity index is 1120. The van der Waals surface area contributed by atoms with Crippen LogP contribution in [0, 0.1) is 16.9 Å². The summed E-state index contributed by atoms with van der Waals surface area (Å²) in [7, 11) is 1.62. The number of hydrogen-bond acceptors (Lipinski definition) is 9. The summed E-state index contributed by atoms with van der Waals surface area (Å²) in [5.41, 5.74) is 16.9. The summed E-state index contributed by atoms with van der Waals surface area (Å²) in [5, 5.41) is 15.7. The number of hydrogen-bond donors (Lipinski definition) is 3. The number of nitrogens with zero attached hydrogens (tertiary/aromatic N) is 5. The smallest absolute Gasteiger partial charge is 0.162 e. The molecule has 0 aliphatic heterocycles. The summed E-state index contributed by atoms with van der Waals surface area (Å²) in [6.07, 6.45) is 1.58. The molecule has 3 rings (SSSR count). The van der Waals surface area contributed by atoms with Crippen LogP contribution in [0.25, 0.3) is 17.1 Å². The van der Waals surface area contributed by atoms with Crippen molar-refractivity contribution in [3.8, 4) is 17.5 Å². The van der Waals surface area contributed by atoms with Gasteiger partial charge in [-0.25, -0.2) is 15.5 Å². The standard InChI is InChI=1S/C21H20N8O/c1-30-13-17-7-3-6-16(26-17)11-25-12-19(29-24)18-9-20(23)28-21(27-18)15-5-2-4-14(8-15)10-22/h2-9,12,24-25H,11,13H2,1H3,(H2,23,27,28)/b19-12-,29-24?. The number of methoxy groups -OCH3 is 1. The molecule has 0 unspecified atom stereocenters. The Morgan fingerprint density at radius 2 is 2.00 bits per heavy atom. The molecule has 1 aromatic carbocycles. The van der Waals surface area contributed by atoms with E-state index in [9.17, 15) is 0 Å². The van der Waals surface area contributed by atoms with Crippen molar-refractivity contribution in [3.63, 3.8) is 0 Å². The maximum absolute atomic E-state index is 9.10. The van der Waals surface area contributed by atoms with Crippen LogP contribution < -0.4 is 11.1 Å². The summed E-state index contributed by atoms with van der Waals surface area (Å²) in [4.78, 5) is 13.2. The van der Waals surface area contributed by atoms with Gasteiger partial charge in [0, 0.05) is 24.9 Å². The van der Waals surface area contributed by atoms with Crippen molar-refractivity contribution in [2.75, 3.05) is 12.8 Å². The molecule has 150 valence electrons.